The first-order valence-electron chi connectivity index (χ1n) is 8.97. The number of amides is 1. The van der Waals surface area contributed by atoms with E-state index in [4.69, 9.17) is 27.9 Å². The molecule has 1 N–H and O–H groups in total. The van der Waals surface area contributed by atoms with Crippen molar-refractivity contribution in [2.75, 3.05) is 5.75 Å². The van der Waals surface area contributed by atoms with Gasteiger partial charge in [-0.15, -0.1) is 11.8 Å². The average Bonchev–Trinajstić information content (AvgIpc) is 2.74. The van der Waals surface area contributed by atoms with Crippen LogP contribution in [0.15, 0.2) is 79.6 Å². The van der Waals surface area contributed by atoms with Crippen molar-refractivity contribution >= 4 is 78.9 Å². The number of carbonyl (C=O) groups is 1. The van der Waals surface area contributed by atoms with E-state index in [2.05, 4.69) is 42.4 Å². The fourth-order valence-electron chi connectivity index (χ4n) is 2.42. The van der Waals surface area contributed by atoms with Crippen LogP contribution in [0.5, 0.6) is 5.75 Å². The number of rotatable bonds is 8. The van der Waals surface area contributed by atoms with Crippen molar-refractivity contribution in [2.45, 2.75) is 11.5 Å². The summed E-state index contributed by atoms with van der Waals surface area (Å²) in [5, 5.41) is 5.38. The molecule has 0 aliphatic heterocycles. The Labute approximate surface area is 211 Å². The molecule has 0 aliphatic rings. The van der Waals surface area contributed by atoms with Crippen molar-refractivity contribution < 1.29 is 9.53 Å². The molecule has 0 atom stereocenters. The van der Waals surface area contributed by atoms with Crippen molar-refractivity contribution in [3.8, 4) is 5.75 Å². The zero-order valence-corrected chi connectivity index (χ0v) is 21.4. The lowest BCUT2D eigenvalue weighted by molar-refractivity contribution is -0.118. The summed E-state index contributed by atoms with van der Waals surface area (Å²) < 4.78 is 7.44. The van der Waals surface area contributed by atoms with E-state index in [0.717, 1.165) is 25.0 Å². The number of hydrogen-bond donors (Lipinski definition) is 1. The van der Waals surface area contributed by atoms with Crippen molar-refractivity contribution in [3.63, 3.8) is 0 Å². The van der Waals surface area contributed by atoms with Gasteiger partial charge in [0.05, 0.1) is 20.9 Å². The molecular formula is C22H16Br2Cl2N2O2S. The molecule has 0 bridgehead atoms. The third kappa shape index (κ3) is 7.84. The first kappa shape index (κ1) is 24.1. The quantitative estimate of drug-likeness (QED) is 0.167. The lowest BCUT2D eigenvalue weighted by Crippen LogP contribution is -2.19. The average molecular weight is 603 g/mol. The van der Waals surface area contributed by atoms with E-state index < -0.39 is 0 Å². The summed E-state index contributed by atoms with van der Waals surface area (Å²) in [7, 11) is 0. The molecule has 0 unspecified atom stereocenters. The number of thioether (sulfide) groups is 1. The van der Waals surface area contributed by atoms with Crippen molar-refractivity contribution in [3.05, 3.63) is 90.8 Å². The zero-order chi connectivity index (χ0) is 22.2. The van der Waals surface area contributed by atoms with Gasteiger partial charge in [-0.05, 0) is 91.5 Å². The maximum absolute atomic E-state index is 12.0. The molecule has 3 aromatic rings. The van der Waals surface area contributed by atoms with Crippen molar-refractivity contribution in [2.24, 2.45) is 5.10 Å². The van der Waals surface area contributed by atoms with Crippen LogP contribution in [-0.4, -0.2) is 17.9 Å². The summed E-state index contributed by atoms with van der Waals surface area (Å²) >= 11 is 20.2. The largest absolute Gasteiger partial charge is 0.487 e. The van der Waals surface area contributed by atoms with E-state index in [9.17, 15) is 4.79 Å². The van der Waals surface area contributed by atoms with Crippen LogP contribution in [0.2, 0.25) is 10.0 Å². The highest BCUT2D eigenvalue weighted by Crippen LogP contribution is 2.35. The van der Waals surface area contributed by atoms with Crippen LogP contribution >= 0.6 is 66.8 Å². The van der Waals surface area contributed by atoms with Gasteiger partial charge in [-0.2, -0.15) is 5.10 Å². The maximum Gasteiger partial charge on any atom is 0.250 e. The molecule has 0 aromatic heterocycles. The minimum Gasteiger partial charge on any atom is -0.487 e. The standard InChI is InChI=1S/C22H16Br2Cl2N2O2S/c23-19-9-15(10-20(24)22(19)30-12-14-1-3-16(25)4-2-14)11-27-28-21(29)13-31-18-7-5-17(26)6-8-18/h1-11H,12-13H2,(H,28,29)/b27-11-. The number of benzene rings is 3. The minimum atomic E-state index is -0.197. The van der Waals surface area contributed by atoms with E-state index in [0.29, 0.717) is 22.4 Å². The first-order chi connectivity index (χ1) is 14.9. The number of hydrazone groups is 1. The molecule has 1 amide bonds. The Morgan fingerprint density at radius 1 is 1.00 bits per heavy atom. The van der Waals surface area contributed by atoms with Crippen LogP contribution in [-0.2, 0) is 11.4 Å². The molecule has 4 nitrogen and oxygen atoms in total. The van der Waals surface area contributed by atoms with Crippen LogP contribution in [0.3, 0.4) is 0 Å². The molecule has 0 radical (unpaired) electrons. The van der Waals surface area contributed by atoms with Gasteiger partial charge < -0.3 is 4.74 Å². The molecular weight excluding hydrogens is 587 g/mol. The Kier molecular flexibility index (Phi) is 9.29. The molecule has 0 saturated carbocycles. The molecule has 0 aliphatic carbocycles. The summed E-state index contributed by atoms with van der Waals surface area (Å²) in [5.41, 5.74) is 4.33. The number of nitrogens with one attached hydrogen (secondary N) is 1. The van der Waals surface area contributed by atoms with E-state index in [-0.39, 0.29) is 11.7 Å². The first-order valence-corrected chi connectivity index (χ1v) is 12.3. The van der Waals surface area contributed by atoms with Crippen molar-refractivity contribution in [1.29, 1.82) is 0 Å². The van der Waals surface area contributed by atoms with Gasteiger partial charge >= 0.3 is 0 Å². The molecule has 0 spiro atoms. The Morgan fingerprint density at radius 3 is 2.19 bits per heavy atom. The Bertz CT molecular complexity index is 1050. The second kappa shape index (κ2) is 11.9. The highest BCUT2D eigenvalue weighted by molar-refractivity contribution is 9.11. The fourth-order valence-corrected chi connectivity index (χ4v) is 4.81. The molecule has 31 heavy (non-hydrogen) atoms. The van der Waals surface area contributed by atoms with Crippen molar-refractivity contribution in [1.82, 2.24) is 5.43 Å². The van der Waals surface area contributed by atoms with Crippen LogP contribution in [0.1, 0.15) is 11.1 Å². The van der Waals surface area contributed by atoms with Gasteiger partial charge in [-0.3, -0.25) is 4.79 Å². The predicted molar refractivity (Wildman–Crippen MR) is 136 cm³/mol. The van der Waals surface area contributed by atoms with E-state index in [1.54, 1.807) is 18.3 Å². The minimum absolute atomic E-state index is 0.197. The number of hydrogen-bond acceptors (Lipinski definition) is 4. The molecule has 0 fully saturated rings. The molecule has 3 aromatic carbocycles. The fraction of sp³-hybridized carbons (Fsp3) is 0.0909. The number of halogens is 4. The monoisotopic (exact) mass is 600 g/mol. The molecule has 9 heteroatoms. The van der Waals surface area contributed by atoms with Gasteiger partial charge in [0, 0.05) is 14.9 Å². The third-order valence-electron chi connectivity index (χ3n) is 3.90. The van der Waals surface area contributed by atoms with Gasteiger partial charge in [0.1, 0.15) is 12.4 Å². The topological polar surface area (TPSA) is 50.7 Å². The Balaban J connectivity index is 1.52. The normalized spacial score (nSPS) is 11.0. The van der Waals surface area contributed by atoms with Gasteiger partial charge in [0.25, 0.3) is 0 Å². The summed E-state index contributed by atoms with van der Waals surface area (Å²) in [6.07, 6.45) is 1.57. The number of nitrogens with zero attached hydrogens (tertiary/aromatic N) is 1. The summed E-state index contributed by atoms with van der Waals surface area (Å²) in [5.74, 6) is 0.733. The SMILES string of the molecule is O=C(CSc1ccc(Cl)cc1)N/N=C\c1cc(Br)c(OCc2ccc(Cl)cc2)c(Br)c1. The highest BCUT2D eigenvalue weighted by Gasteiger charge is 2.09. The zero-order valence-electron chi connectivity index (χ0n) is 15.9. The second-order valence-corrected chi connectivity index (χ2v) is 9.89. The smallest absolute Gasteiger partial charge is 0.250 e. The Morgan fingerprint density at radius 2 is 1.58 bits per heavy atom. The Hall–Kier alpha value is -1.51. The molecule has 160 valence electrons. The maximum atomic E-state index is 12.0. The third-order valence-corrected chi connectivity index (χ3v) is 6.60. The van der Waals surface area contributed by atoms with Gasteiger partial charge in [0.15, 0.2) is 0 Å². The van der Waals surface area contributed by atoms with Crippen LogP contribution in [0.4, 0.5) is 0 Å². The molecule has 0 heterocycles. The molecule has 3 rings (SSSR count). The van der Waals surface area contributed by atoms with Gasteiger partial charge in [0.2, 0.25) is 5.91 Å². The predicted octanol–water partition coefficient (Wildman–Crippen LogP) is 7.34. The number of ether oxygens (including phenoxy) is 1. The lowest BCUT2D eigenvalue weighted by Gasteiger charge is -2.11. The summed E-state index contributed by atoms with van der Waals surface area (Å²) in [4.78, 5) is 12.9. The second-order valence-electron chi connectivity index (χ2n) is 6.26. The van der Waals surface area contributed by atoms with Crippen LogP contribution in [0.25, 0.3) is 0 Å². The lowest BCUT2D eigenvalue weighted by atomic mass is 10.2. The highest BCUT2D eigenvalue weighted by atomic mass is 79.9. The van der Waals surface area contributed by atoms with Crippen LogP contribution in [0, 0.1) is 0 Å². The summed E-state index contributed by atoms with van der Waals surface area (Å²) in [6.45, 7) is 0.406. The van der Waals surface area contributed by atoms with Gasteiger partial charge in [-0.25, -0.2) is 5.43 Å². The molecule has 0 saturated heterocycles. The van der Waals surface area contributed by atoms with E-state index in [1.807, 2.05) is 48.5 Å². The number of carbonyl (C=O) groups excluding carboxylic acids is 1. The van der Waals surface area contributed by atoms with Gasteiger partial charge in [-0.1, -0.05) is 35.3 Å². The van der Waals surface area contributed by atoms with E-state index >= 15 is 0 Å². The van der Waals surface area contributed by atoms with Crippen LogP contribution < -0.4 is 10.2 Å². The van der Waals surface area contributed by atoms with E-state index in [1.165, 1.54) is 11.8 Å². The summed E-state index contributed by atoms with van der Waals surface area (Å²) in [6, 6.07) is 18.5.